The molecule has 0 atom stereocenters. The molecule has 88 valence electrons. The molecule has 4 nitrogen and oxygen atoms in total. The molecule has 0 saturated heterocycles. The van der Waals surface area contributed by atoms with E-state index >= 15 is 0 Å². The molecule has 0 aliphatic rings. The number of halogens is 1. The van der Waals surface area contributed by atoms with Crippen LogP contribution in [0.4, 0.5) is 5.13 Å². The normalized spacial score (nSPS) is 10.0. The molecule has 1 aromatic rings. The van der Waals surface area contributed by atoms with Gasteiger partial charge in [0.25, 0.3) is 0 Å². The van der Waals surface area contributed by atoms with Gasteiger partial charge in [-0.2, -0.15) is 0 Å². The van der Waals surface area contributed by atoms with Crippen LogP contribution in [0.1, 0.15) is 16.6 Å². The zero-order chi connectivity index (χ0) is 12.3. The summed E-state index contributed by atoms with van der Waals surface area (Å²) < 4.78 is 4.60. The number of hydrogen-bond acceptors (Lipinski definition) is 5. The van der Waals surface area contributed by atoms with Crippen LogP contribution in [0.3, 0.4) is 0 Å². The van der Waals surface area contributed by atoms with E-state index in [2.05, 4.69) is 16.3 Å². The monoisotopic (exact) mass is 260 g/mol. The van der Waals surface area contributed by atoms with Gasteiger partial charge in [-0.05, 0) is 6.92 Å². The lowest BCUT2D eigenvalue weighted by atomic mass is 10.3. The van der Waals surface area contributed by atoms with Crippen LogP contribution in [0.2, 0.25) is 5.15 Å². The molecule has 0 radical (unpaired) electrons. The molecule has 1 heterocycles. The Labute approximate surface area is 103 Å². The Hall–Kier alpha value is -1.07. The first kappa shape index (κ1) is 13.0. The maximum Gasteiger partial charge on any atom is 0.351 e. The van der Waals surface area contributed by atoms with Crippen LogP contribution in [0.5, 0.6) is 0 Å². The molecule has 0 aromatic carbocycles. The van der Waals surface area contributed by atoms with Gasteiger partial charge in [0, 0.05) is 13.6 Å². The van der Waals surface area contributed by atoms with E-state index in [4.69, 9.17) is 11.6 Å². The van der Waals surface area contributed by atoms with Crippen molar-refractivity contribution in [3.63, 3.8) is 0 Å². The predicted octanol–water partition coefficient (Wildman–Crippen LogP) is 2.60. The molecule has 6 heteroatoms. The van der Waals surface area contributed by atoms with Crippen molar-refractivity contribution in [3.8, 4) is 0 Å². The number of carbonyl (C=O) groups is 1. The summed E-state index contributed by atoms with van der Waals surface area (Å²) in [4.78, 5) is 17.6. The lowest BCUT2D eigenvalue weighted by Crippen LogP contribution is -2.18. The number of esters is 1. The lowest BCUT2D eigenvalue weighted by Gasteiger charge is -2.14. The van der Waals surface area contributed by atoms with E-state index in [1.807, 2.05) is 18.9 Å². The molecular formula is C10H13ClN2O2S. The molecule has 16 heavy (non-hydrogen) atoms. The fourth-order valence-electron chi connectivity index (χ4n) is 1.15. The van der Waals surface area contributed by atoms with E-state index in [9.17, 15) is 4.79 Å². The average molecular weight is 261 g/mol. The number of rotatable bonds is 4. The third-order valence-electron chi connectivity index (χ3n) is 1.78. The third kappa shape index (κ3) is 2.96. The van der Waals surface area contributed by atoms with Crippen molar-refractivity contribution in [2.24, 2.45) is 0 Å². The second kappa shape index (κ2) is 5.32. The van der Waals surface area contributed by atoms with Crippen LogP contribution in [-0.4, -0.2) is 31.7 Å². The highest BCUT2D eigenvalue weighted by Crippen LogP contribution is 2.29. The van der Waals surface area contributed by atoms with Crippen molar-refractivity contribution in [1.82, 2.24) is 4.98 Å². The molecule has 0 aliphatic heterocycles. The van der Waals surface area contributed by atoms with Crippen LogP contribution in [0.25, 0.3) is 0 Å². The van der Waals surface area contributed by atoms with Crippen molar-refractivity contribution in [3.05, 3.63) is 22.2 Å². The fourth-order valence-corrected chi connectivity index (χ4v) is 2.30. The van der Waals surface area contributed by atoms with Crippen molar-refractivity contribution >= 4 is 34.0 Å². The molecule has 0 saturated carbocycles. The summed E-state index contributed by atoms with van der Waals surface area (Å²) >= 11 is 7.06. The minimum atomic E-state index is -0.461. The smallest absolute Gasteiger partial charge is 0.351 e. The Morgan fingerprint density at radius 3 is 2.81 bits per heavy atom. The molecule has 0 aliphatic carbocycles. The highest BCUT2D eigenvalue weighted by atomic mass is 35.5. The number of aromatic nitrogens is 1. The second-order valence-electron chi connectivity index (χ2n) is 3.42. The van der Waals surface area contributed by atoms with Gasteiger partial charge in [-0.3, -0.25) is 0 Å². The summed E-state index contributed by atoms with van der Waals surface area (Å²) in [5.74, 6) is -0.461. The highest BCUT2D eigenvalue weighted by Gasteiger charge is 2.18. The quantitative estimate of drug-likeness (QED) is 0.617. The van der Waals surface area contributed by atoms with Crippen LogP contribution >= 0.6 is 22.9 Å². The molecule has 0 amide bonds. The second-order valence-corrected chi connectivity index (χ2v) is 4.76. The summed E-state index contributed by atoms with van der Waals surface area (Å²) in [5, 5.41) is 0.855. The molecular weight excluding hydrogens is 248 g/mol. The van der Waals surface area contributed by atoms with Gasteiger partial charge in [0.15, 0.2) is 15.2 Å². The summed E-state index contributed by atoms with van der Waals surface area (Å²) in [6.07, 6.45) is 0. The van der Waals surface area contributed by atoms with Gasteiger partial charge in [0.05, 0.1) is 7.11 Å². The maximum absolute atomic E-state index is 11.3. The van der Waals surface area contributed by atoms with E-state index in [-0.39, 0.29) is 5.15 Å². The van der Waals surface area contributed by atoms with Crippen LogP contribution < -0.4 is 4.90 Å². The lowest BCUT2D eigenvalue weighted by molar-refractivity contribution is 0.0606. The van der Waals surface area contributed by atoms with Gasteiger partial charge in [0.1, 0.15) is 0 Å². The third-order valence-corrected chi connectivity index (χ3v) is 3.31. The summed E-state index contributed by atoms with van der Waals surface area (Å²) in [6, 6.07) is 0. The Bertz CT molecular complexity index is 417. The molecule has 1 rings (SSSR count). The highest BCUT2D eigenvalue weighted by molar-refractivity contribution is 7.18. The minimum Gasteiger partial charge on any atom is -0.465 e. The summed E-state index contributed by atoms with van der Waals surface area (Å²) in [5.41, 5.74) is 1.01. The van der Waals surface area contributed by atoms with Gasteiger partial charge in [-0.25, -0.2) is 9.78 Å². The first-order chi connectivity index (χ1) is 7.45. The number of thiazole rings is 1. The van der Waals surface area contributed by atoms with E-state index in [0.29, 0.717) is 16.6 Å². The Morgan fingerprint density at radius 2 is 2.31 bits per heavy atom. The van der Waals surface area contributed by atoms with Crippen LogP contribution in [0, 0.1) is 0 Å². The zero-order valence-electron chi connectivity index (χ0n) is 9.41. The van der Waals surface area contributed by atoms with Crippen molar-refractivity contribution < 1.29 is 9.53 Å². The Morgan fingerprint density at radius 1 is 1.69 bits per heavy atom. The van der Waals surface area contributed by atoms with E-state index < -0.39 is 5.97 Å². The van der Waals surface area contributed by atoms with Crippen molar-refractivity contribution in [2.75, 3.05) is 25.6 Å². The first-order valence-corrected chi connectivity index (χ1v) is 5.75. The molecule has 0 bridgehead atoms. The number of carbonyl (C=O) groups excluding carboxylic acids is 1. The average Bonchev–Trinajstić information content (AvgIpc) is 2.58. The number of nitrogens with zero attached hydrogens (tertiary/aromatic N) is 2. The summed E-state index contributed by atoms with van der Waals surface area (Å²) in [7, 11) is 3.18. The van der Waals surface area contributed by atoms with Crippen LogP contribution in [-0.2, 0) is 4.74 Å². The SMILES string of the molecule is C=C(C)CN(C)c1nc(Cl)c(C(=O)OC)s1. The number of hydrogen-bond donors (Lipinski definition) is 0. The van der Waals surface area contributed by atoms with Crippen LogP contribution in [0.15, 0.2) is 12.2 Å². The fraction of sp³-hybridized carbons (Fsp3) is 0.400. The zero-order valence-corrected chi connectivity index (χ0v) is 11.0. The van der Waals surface area contributed by atoms with E-state index in [0.717, 1.165) is 5.57 Å². The maximum atomic E-state index is 11.3. The van der Waals surface area contributed by atoms with Gasteiger partial charge in [-0.15, -0.1) is 0 Å². The number of anilines is 1. The molecule has 1 aromatic heterocycles. The molecule has 0 spiro atoms. The number of likely N-dealkylation sites (N-methyl/N-ethyl adjacent to an activating group) is 1. The van der Waals surface area contributed by atoms with Gasteiger partial charge >= 0.3 is 5.97 Å². The Balaban J connectivity index is 2.91. The topological polar surface area (TPSA) is 42.4 Å². The molecule has 0 fully saturated rings. The summed E-state index contributed by atoms with van der Waals surface area (Å²) in [6.45, 7) is 6.41. The van der Waals surface area contributed by atoms with Gasteiger partial charge in [-0.1, -0.05) is 35.1 Å². The van der Waals surface area contributed by atoms with Gasteiger partial charge in [0.2, 0.25) is 0 Å². The largest absolute Gasteiger partial charge is 0.465 e. The Kier molecular flexibility index (Phi) is 4.32. The minimum absolute atomic E-state index is 0.181. The van der Waals surface area contributed by atoms with E-state index in [1.54, 1.807) is 0 Å². The van der Waals surface area contributed by atoms with E-state index in [1.165, 1.54) is 18.4 Å². The van der Waals surface area contributed by atoms with Crippen molar-refractivity contribution in [1.29, 1.82) is 0 Å². The predicted molar refractivity (Wildman–Crippen MR) is 66.5 cm³/mol. The standard InChI is InChI=1S/C10H13ClN2O2S/c1-6(2)5-13(3)10-12-8(11)7(16-10)9(14)15-4/h1,5H2,2-4H3. The van der Waals surface area contributed by atoms with Crippen molar-refractivity contribution in [2.45, 2.75) is 6.92 Å². The molecule has 0 unspecified atom stereocenters. The number of methoxy groups -OCH3 is 1. The number of ether oxygens (including phenoxy) is 1. The molecule has 0 N–H and O–H groups in total. The van der Waals surface area contributed by atoms with Gasteiger partial charge < -0.3 is 9.64 Å². The first-order valence-electron chi connectivity index (χ1n) is 4.56.